The molecule has 3 N–H and O–H groups in total. The van der Waals surface area contributed by atoms with Crippen molar-refractivity contribution in [2.24, 2.45) is 16.8 Å². The monoisotopic (exact) mass is 217 g/mol. The molecule has 15 heavy (non-hydrogen) atoms. The molecule has 0 aromatic rings. The molecule has 0 rings (SSSR count). The van der Waals surface area contributed by atoms with E-state index in [1.165, 1.54) is 7.11 Å². The van der Waals surface area contributed by atoms with E-state index in [0.717, 1.165) is 0 Å². The molecule has 0 spiro atoms. The molecule has 0 radical (unpaired) electrons. The van der Waals surface area contributed by atoms with Crippen molar-refractivity contribution < 1.29 is 14.7 Å². The molecule has 0 heterocycles. The molecule has 0 saturated carbocycles. The van der Waals surface area contributed by atoms with Crippen LogP contribution in [0.4, 0.5) is 0 Å². The molecule has 0 aromatic heterocycles. The summed E-state index contributed by atoms with van der Waals surface area (Å²) < 4.78 is 4.75. The highest BCUT2D eigenvalue weighted by atomic mass is 16.5. The third kappa shape index (κ3) is 4.64. The van der Waals surface area contributed by atoms with Gasteiger partial charge in [-0.05, 0) is 6.92 Å². The van der Waals surface area contributed by atoms with Gasteiger partial charge in [0.15, 0.2) is 0 Å². The van der Waals surface area contributed by atoms with Gasteiger partial charge in [0.1, 0.15) is 12.4 Å². The second-order valence-electron chi connectivity index (χ2n) is 3.29. The molecule has 1 amide bonds. The summed E-state index contributed by atoms with van der Waals surface area (Å²) in [6.45, 7) is 4.71. The zero-order valence-corrected chi connectivity index (χ0v) is 9.43. The first-order valence-corrected chi connectivity index (χ1v) is 4.80. The van der Waals surface area contributed by atoms with Gasteiger partial charge in [0.25, 0.3) is 0 Å². The number of rotatable bonds is 6. The van der Waals surface area contributed by atoms with Gasteiger partial charge in [-0.2, -0.15) is 0 Å². The molecule has 0 aliphatic carbocycles. The van der Waals surface area contributed by atoms with Gasteiger partial charge in [-0.25, -0.2) is 0 Å². The third-order valence-electron chi connectivity index (χ3n) is 2.12. The molecular weight excluding hydrogens is 198 g/mol. The summed E-state index contributed by atoms with van der Waals surface area (Å²) in [5.74, 6) is -0.146. The smallest absolute Gasteiger partial charge is 0.248 e. The van der Waals surface area contributed by atoms with E-state index in [9.17, 15) is 4.79 Å². The topological polar surface area (TPSA) is 88.1 Å². The van der Waals surface area contributed by atoms with Gasteiger partial charge < -0.3 is 20.6 Å². The average molecular weight is 217 g/mol. The lowest BCUT2D eigenvalue weighted by Crippen LogP contribution is -2.40. The van der Waals surface area contributed by atoms with Crippen LogP contribution in [0.15, 0.2) is 5.16 Å². The van der Waals surface area contributed by atoms with Gasteiger partial charge >= 0.3 is 0 Å². The number of carbonyl (C=O) groups excluding carboxylic acids is 1. The average Bonchev–Trinajstić information content (AvgIpc) is 2.24. The van der Waals surface area contributed by atoms with Crippen molar-refractivity contribution in [3.05, 3.63) is 0 Å². The van der Waals surface area contributed by atoms with Crippen LogP contribution in [0.5, 0.6) is 0 Å². The summed E-state index contributed by atoms with van der Waals surface area (Å²) >= 11 is 0. The van der Waals surface area contributed by atoms with Crippen LogP contribution in [0.25, 0.3) is 0 Å². The van der Waals surface area contributed by atoms with Crippen LogP contribution in [0.1, 0.15) is 13.8 Å². The molecule has 0 aliphatic heterocycles. The predicted octanol–water partition coefficient (Wildman–Crippen LogP) is -0.136. The molecule has 0 fully saturated rings. The van der Waals surface area contributed by atoms with Gasteiger partial charge in [0.2, 0.25) is 5.91 Å². The van der Waals surface area contributed by atoms with E-state index in [1.54, 1.807) is 11.8 Å². The molecular formula is C9H19N3O3. The fraction of sp³-hybridized carbons (Fsp3) is 0.778. The number of ether oxygens (including phenoxy) is 1. The molecule has 6 heteroatoms. The summed E-state index contributed by atoms with van der Waals surface area (Å²) in [6, 6.07) is 0. The van der Waals surface area contributed by atoms with Crippen LogP contribution in [-0.4, -0.2) is 48.7 Å². The Hall–Kier alpha value is -1.30. The summed E-state index contributed by atoms with van der Waals surface area (Å²) in [5, 5.41) is 11.4. The molecule has 88 valence electrons. The lowest BCUT2D eigenvalue weighted by Gasteiger charge is -2.23. The van der Waals surface area contributed by atoms with Crippen molar-refractivity contribution in [3.63, 3.8) is 0 Å². The number of nitrogens with zero attached hydrogens (tertiary/aromatic N) is 2. The first-order chi connectivity index (χ1) is 7.06. The van der Waals surface area contributed by atoms with Gasteiger partial charge in [0.05, 0.1) is 0 Å². The molecule has 1 atom stereocenters. The summed E-state index contributed by atoms with van der Waals surface area (Å²) in [5.41, 5.74) is 5.42. The maximum atomic E-state index is 11.5. The second kappa shape index (κ2) is 7.05. The number of hydrogen-bond acceptors (Lipinski definition) is 4. The Kier molecular flexibility index (Phi) is 6.44. The number of nitrogens with two attached hydrogens (primary N) is 1. The van der Waals surface area contributed by atoms with Crippen LogP contribution in [-0.2, 0) is 9.53 Å². The predicted molar refractivity (Wildman–Crippen MR) is 56.7 cm³/mol. The van der Waals surface area contributed by atoms with E-state index in [-0.39, 0.29) is 24.3 Å². The highest BCUT2D eigenvalue weighted by Crippen LogP contribution is 2.01. The number of hydrogen-bond donors (Lipinski definition) is 2. The second-order valence-corrected chi connectivity index (χ2v) is 3.29. The number of oxime groups is 1. The number of carbonyl (C=O) groups is 1. The summed E-state index contributed by atoms with van der Waals surface area (Å²) in [7, 11) is 1.47. The van der Waals surface area contributed by atoms with E-state index in [2.05, 4.69) is 5.16 Å². The Labute approximate surface area is 89.7 Å². The third-order valence-corrected chi connectivity index (χ3v) is 2.12. The van der Waals surface area contributed by atoms with E-state index >= 15 is 0 Å². The number of amides is 1. The molecule has 0 aliphatic rings. The first-order valence-electron chi connectivity index (χ1n) is 4.80. The van der Waals surface area contributed by atoms with Crippen LogP contribution in [0.3, 0.4) is 0 Å². The summed E-state index contributed by atoms with van der Waals surface area (Å²) in [4.78, 5) is 13.1. The minimum absolute atomic E-state index is 0.0523. The van der Waals surface area contributed by atoms with Crippen LogP contribution >= 0.6 is 0 Å². The lowest BCUT2D eigenvalue weighted by atomic mass is 10.1. The zero-order chi connectivity index (χ0) is 11.8. The highest BCUT2D eigenvalue weighted by molar-refractivity contribution is 5.83. The van der Waals surface area contributed by atoms with E-state index < -0.39 is 0 Å². The minimum atomic E-state index is -0.171. The van der Waals surface area contributed by atoms with Crippen molar-refractivity contribution >= 4 is 11.7 Å². The standard InChI is InChI=1S/C9H19N3O3/c1-4-12(8(13)6-15-3)5-7(2)9(10)11-14/h7,14H,4-6H2,1-3H3,(H2,10,11). The fourth-order valence-corrected chi connectivity index (χ4v) is 1.14. The first kappa shape index (κ1) is 13.7. The van der Waals surface area contributed by atoms with E-state index in [0.29, 0.717) is 13.1 Å². The molecule has 0 aromatic carbocycles. The highest BCUT2D eigenvalue weighted by Gasteiger charge is 2.16. The van der Waals surface area contributed by atoms with Crippen LogP contribution in [0, 0.1) is 5.92 Å². The van der Waals surface area contributed by atoms with Gasteiger partial charge in [-0.3, -0.25) is 4.79 Å². The molecule has 0 saturated heterocycles. The fourth-order valence-electron chi connectivity index (χ4n) is 1.14. The quantitative estimate of drug-likeness (QED) is 0.280. The van der Waals surface area contributed by atoms with Crippen molar-refractivity contribution in [1.29, 1.82) is 0 Å². The number of amidine groups is 1. The minimum Gasteiger partial charge on any atom is -0.409 e. The van der Waals surface area contributed by atoms with Gasteiger partial charge in [-0.15, -0.1) is 0 Å². The van der Waals surface area contributed by atoms with E-state index in [4.69, 9.17) is 15.7 Å². The summed E-state index contributed by atoms with van der Waals surface area (Å²) in [6.07, 6.45) is 0. The molecule has 0 bridgehead atoms. The molecule has 1 unspecified atom stereocenters. The Morgan fingerprint density at radius 3 is 2.67 bits per heavy atom. The Morgan fingerprint density at radius 1 is 1.67 bits per heavy atom. The normalized spacial score (nSPS) is 13.7. The molecule has 6 nitrogen and oxygen atoms in total. The maximum absolute atomic E-state index is 11.5. The number of methoxy groups -OCH3 is 1. The largest absolute Gasteiger partial charge is 0.409 e. The van der Waals surface area contributed by atoms with Crippen LogP contribution < -0.4 is 5.73 Å². The maximum Gasteiger partial charge on any atom is 0.248 e. The van der Waals surface area contributed by atoms with Crippen molar-refractivity contribution in [2.75, 3.05) is 26.8 Å². The SMILES string of the molecule is CCN(CC(C)C(N)=NO)C(=O)COC. The Morgan fingerprint density at radius 2 is 2.27 bits per heavy atom. The van der Waals surface area contributed by atoms with Gasteiger partial charge in [0, 0.05) is 26.1 Å². The van der Waals surface area contributed by atoms with Crippen molar-refractivity contribution in [2.45, 2.75) is 13.8 Å². The lowest BCUT2D eigenvalue weighted by molar-refractivity contribution is -0.135. The van der Waals surface area contributed by atoms with Gasteiger partial charge in [-0.1, -0.05) is 12.1 Å². The Balaban J connectivity index is 4.26. The van der Waals surface area contributed by atoms with Crippen LogP contribution in [0.2, 0.25) is 0 Å². The Bertz CT molecular complexity index is 231. The number of likely N-dealkylation sites (N-methyl/N-ethyl adjacent to an activating group) is 1. The van der Waals surface area contributed by atoms with E-state index in [1.807, 2.05) is 6.92 Å². The van der Waals surface area contributed by atoms with Crippen molar-refractivity contribution in [3.8, 4) is 0 Å². The zero-order valence-electron chi connectivity index (χ0n) is 9.43. The van der Waals surface area contributed by atoms with Crippen molar-refractivity contribution in [1.82, 2.24) is 4.90 Å².